The molecule has 2 heterocycles. The monoisotopic (exact) mass is 368 g/mol. The molecule has 27 heavy (non-hydrogen) atoms. The summed E-state index contributed by atoms with van der Waals surface area (Å²) in [4.78, 5) is 14.8. The molecule has 5 nitrogen and oxygen atoms in total. The van der Waals surface area contributed by atoms with E-state index in [1.165, 1.54) is 12.1 Å². The Morgan fingerprint density at radius 1 is 1.19 bits per heavy atom. The molecule has 1 amide bonds. The number of hydrogen-bond donors (Lipinski definition) is 0. The quantitative estimate of drug-likeness (QED) is 0.665. The van der Waals surface area contributed by atoms with Crippen LogP contribution in [0.2, 0.25) is 0 Å². The van der Waals surface area contributed by atoms with Gasteiger partial charge in [-0.05, 0) is 42.7 Å². The average Bonchev–Trinajstić information content (AvgIpc) is 3.33. The number of nitrogens with zero attached hydrogens (tertiary/aromatic N) is 2. The Balaban J connectivity index is 1.52. The van der Waals surface area contributed by atoms with Crippen molar-refractivity contribution in [1.82, 2.24) is 10.1 Å². The number of ether oxygens (including phenoxy) is 1. The standard InChI is InChI=1S/C21H21FN2O3/c22-16-9-7-15(8-10-16)13-24(14-17-4-3-11-26-17)21(25)12-19-18-5-1-2-6-20(18)27-23-19/h1-2,5-10,17H,3-4,11-14H2/t17-/m1/s1. The van der Waals surface area contributed by atoms with Crippen LogP contribution in [0.5, 0.6) is 0 Å². The molecule has 0 spiro atoms. The van der Waals surface area contributed by atoms with E-state index in [0.29, 0.717) is 24.4 Å². The second-order valence-corrected chi connectivity index (χ2v) is 6.84. The lowest BCUT2D eigenvalue weighted by molar-refractivity contribution is -0.132. The molecule has 2 aromatic carbocycles. The summed E-state index contributed by atoms with van der Waals surface area (Å²) >= 11 is 0. The maximum atomic E-state index is 13.2. The molecule has 1 saturated heterocycles. The van der Waals surface area contributed by atoms with Crippen molar-refractivity contribution in [3.05, 3.63) is 65.6 Å². The molecule has 1 aliphatic rings. The molecule has 4 rings (SSSR count). The molecular formula is C21H21FN2O3. The highest BCUT2D eigenvalue weighted by molar-refractivity contribution is 5.86. The Labute approximate surface area is 156 Å². The van der Waals surface area contributed by atoms with Crippen molar-refractivity contribution in [2.24, 2.45) is 0 Å². The van der Waals surface area contributed by atoms with E-state index >= 15 is 0 Å². The van der Waals surface area contributed by atoms with Gasteiger partial charge in [0.2, 0.25) is 5.91 Å². The van der Waals surface area contributed by atoms with Crippen molar-refractivity contribution in [1.29, 1.82) is 0 Å². The van der Waals surface area contributed by atoms with Crippen LogP contribution in [0.4, 0.5) is 4.39 Å². The predicted octanol–water partition coefficient (Wildman–Crippen LogP) is 3.72. The number of hydrogen-bond acceptors (Lipinski definition) is 4. The first-order valence-electron chi connectivity index (χ1n) is 9.16. The minimum Gasteiger partial charge on any atom is -0.376 e. The van der Waals surface area contributed by atoms with Crippen molar-refractivity contribution in [3.63, 3.8) is 0 Å². The van der Waals surface area contributed by atoms with E-state index in [1.807, 2.05) is 24.3 Å². The summed E-state index contributed by atoms with van der Waals surface area (Å²) in [6.45, 7) is 1.66. The summed E-state index contributed by atoms with van der Waals surface area (Å²) in [6.07, 6.45) is 2.16. The fraction of sp³-hybridized carbons (Fsp3) is 0.333. The molecule has 0 bridgehead atoms. The van der Waals surface area contributed by atoms with E-state index in [4.69, 9.17) is 9.26 Å². The minimum atomic E-state index is -0.287. The highest BCUT2D eigenvalue weighted by Gasteiger charge is 2.24. The summed E-state index contributed by atoms with van der Waals surface area (Å²) in [5.74, 6) is -0.335. The number of carbonyl (C=O) groups excluding carboxylic acids is 1. The molecule has 1 fully saturated rings. The molecule has 0 unspecified atom stereocenters. The van der Waals surface area contributed by atoms with E-state index in [2.05, 4.69) is 5.16 Å². The van der Waals surface area contributed by atoms with E-state index in [-0.39, 0.29) is 24.2 Å². The zero-order chi connectivity index (χ0) is 18.6. The highest BCUT2D eigenvalue weighted by Crippen LogP contribution is 2.20. The lowest BCUT2D eigenvalue weighted by atomic mass is 10.1. The summed E-state index contributed by atoms with van der Waals surface area (Å²) in [6, 6.07) is 13.7. The number of amides is 1. The number of para-hydroxylation sites is 1. The summed E-state index contributed by atoms with van der Waals surface area (Å²) in [7, 11) is 0. The van der Waals surface area contributed by atoms with E-state index in [0.717, 1.165) is 30.4 Å². The smallest absolute Gasteiger partial charge is 0.229 e. The van der Waals surface area contributed by atoms with Crippen LogP contribution in [-0.4, -0.2) is 35.2 Å². The first kappa shape index (κ1) is 17.7. The zero-order valence-electron chi connectivity index (χ0n) is 14.9. The van der Waals surface area contributed by atoms with Crippen LogP contribution in [-0.2, 0) is 22.5 Å². The Kier molecular flexibility index (Phi) is 5.16. The number of carbonyl (C=O) groups is 1. The molecule has 6 heteroatoms. The second kappa shape index (κ2) is 7.88. The van der Waals surface area contributed by atoms with Crippen LogP contribution >= 0.6 is 0 Å². The Morgan fingerprint density at radius 3 is 2.78 bits per heavy atom. The van der Waals surface area contributed by atoms with Gasteiger partial charge in [0.15, 0.2) is 5.58 Å². The number of aromatic nitrogens is 1. The van der Waals surface area contributed by atoms with E-state index in [9.17, 15) is 9.18 Å². The van der Waals surface area contributed by atoms with Crippen molar-refractivity contribution in [2.75, 3.05) is 13.2 Å². The molecule has 0 radical (unpaired) electrons. The van der Waals surface area contributed by atoms with Gasteiger partial charge in [-0.3, -0.25) is 4.79 Å². The van der Waals surface area contributed by atoms with Crippen LogP contribution in [0.1, 0.15) is 24.1 Å². The summed E-state index contributed by atoms with van der Waals surface area (Å²) < 4.78 is 24.2. The molecule has 0 saturated carbocycles. The van der Waals surface area contributed by atoms with Gasteiger partial charge in [0.1, 0.15) is 11.5 Å². The lowest BCUT2D eigenvalue weighted by Crippen LogP contribution is -2.38. The normalized spacial score (nSPS) is 16.7. The first-order valence-corrected chi connectivity index (χ1v) is 9.16. The van der Waals surface area contributed by atoms with Crippen LogP contribution < -0.4 is 0 Å². The number of rotatable bonds is 6. The largest absolute Gasteiger partial charge is 0.376 e. The van der Waals surface area contributed by atoms with Gasteiger partial charge in [-0.25, -0.2) is 4.39 Å². The van der Waals surface area contributed by atoms with Crippen molar-refractivity contribution >= 4 is 16.9 Å². The lowest BCUT2D eigenvalue weighted by Gasteiger charge is -2.25. The van der Waals surface area contributed by atoms with Gasteiger partial charge in [0.25, 0.3) is 0 Å². The predicted molar refractivity (Wildman–Crippen MR) is 98.5 cm³/mol. The summed E-state index contributed by atoms with van der Waals surface area (Å²) in [5, 5.41) is 4.92. The van der Waals surface area contributed by atoms with Crippen molar-refractivity contribution in [2.45, 2.75) is 31.9 Å². The third-order valence-electron chi connectivity index (χ3n) is 4.86. The molecule has 0 N–H and O–H groups in total. The van der Waals surface area contributed by atoms with E-state index < -0.39 is 0 Å². The van der Waals surface area contributed by atoms with Crippen molar-refractivity contribution < 1.29 is 18.4 Å². The summed E-state index contributed by atoms with van der Waals surface area (Å²) in [5.41, 5.74) is 2.18. The maximum absolute atomic E-state index is 13.2. The Bertz CT molecular complexity index is 917. The van der Waals surface area contributed by atoms with Crippen LogP contribution in [0.3, 0.4) is 0 Å². The fourth-order valence-electron chi connectivity index (χ4n) is 3.42. The molecule has 0 aliphatic carbocycles. The third kappa shape index (κ3) is 4.17. The zero-order valence-corrected chi connectivity index (χ0v) is 14.9. The fourth-order valence-corrected chi connectivity index (χ4v) is 3.42. The molecule has 140 valence electrons. The topological polar surface area (TPSA) is 55.6 Å². The number of benzene rings is 2. The molecule has 3 aromatic rings. The Morgan fingerprint density at radius 2 is 2.00 bits per heavy atom. The Hall–Kier alpha value is -2.73. The van der Waals surface area contributed by atoms with Gasteiger partial charge in [-0.2, -0.15) is 0 Å². The molecule has 1 atom stereocenters. The average molecular weight is 368 g/mol. The third-order valence-corrected chi connectivity index (χ3v) is 4.86. The van der Waals surface area contributed by atoms with Crippen LogP contribution in [0, 0.1) is 5.82 Å². The van der Waals surface area contributed by atoms with Crippen LogP contribution in [0.15, 0.2) is 53.1 Å². The van der Waals surface area contributed by atoms with Gasteiger partial charge in [0.05, 0.1) is 12.5 Å². The van der Waals surface area contributed by atoms with Gasteiger partial charge in [-0.1, -0.05) is 29.4 Å². The van der Waals surface area contributed by atoms with Gasteiger partial charge in [0, 0.05) is 25.1 Å². The SMILES string of the molecule is O=C(Cc1noc2ccccc12)N(Cc1ccc(F)cc1)C[C@H]1CCCO1. The maximum Gasteiger partial charge on any atom is 0.229 e. The molecular weight excluding hydrogens is 347 g/mol. The second-order valence-electron chi connectivity index (χ2n) is 6.84. The number of fused-ring (bicyclic) bond motifs is 1. The first-order chi connectivity index (χ1) is 13.2. The number of halogens is 1. The van der Waals surface area contributed by atoms with Gasteiger partial charge in [-0.15, -0.1) is 0 Å². The molecule has 1 aromatic heterocycles. The van der Waals surface area contributed by atoms with Crippen LogP contribution in [0.25, 0.3) is 11.0 Å². The van der Waals surface area contributed by atoms with Crippen molar-refractivity contribution in [3.8, 4) is 0 Å². The van der Waals surface area contributed by atoms with Gasteiger partial charge < -0.3 is 14.2 Å². The minimum absolute atomic E-state index is 0.0449. The van der Waals surface area contributed by atoms with E-state index in [1.54, 1.807) is 17.0 Å². The highest BCUT2D eigenvalue weighted by atomic mass is 19.1. The molecule has 1 aliphatic heterocycles. The van der Waals surface area contributed by atoms with Gasteiger partial charge >= 0.3 is 0 Å².